The quantitative estimate of drug-likeness (QED) is 0.317. The van der Waals surface area contributed by atoms with E-state index in [-0.39, 0.29) is 29.5 Å². The van der Waals surface area contributed by atoms with E-state index in [1.807, 2.05) is 0 Å². The van der Waals surface area contributed by atoms with Crippen LogP contribution in [0.2, 0.25) is 0 Å². The van der Waals surface area contributed by atoms with Gasteiger partial charge in [0, 0.05) is 28.8 Å². The molecule has 3 unspecified atom stereocenters. The van der Waals surface area contributed by atoms with Gasteiger partial charge in [-0.1, -0.05) is 57.9 Å². The highest BCUT2D eigenvalue weighted by molar-refractivity contribution is 5.75. The molecule has 0 spiro atoms. The summed E-state index contributed by atoms with van der Waals surface area (Å²) in [6, 6.07) is 11.9. The number of pyridine rings is 1. The molecule has 1 fully saturated rings. The molecule has 208 valence electrons. The van der Waals surface area contributed by atoms with Gasteiger partial charge in [0.1, 0.15) is 5.82 Å². The number of fused-ring (bicyclic) bond motifs is 1. The van der Waals surface area contributed by atoms with Crippen molar-refractivity contribution >= 4 is 0 Å². The van der Waals surface area contributed by atoms with Crippen LogP contribution in [0.15, 0.2) is 48.5 Å². The van der Waals surface area contributed by atoms with Crippen LogP contribution in [0, 0.1) is 17.7 Å². The molecule has 0 saturated heterocycles. The molecule has 3 atom stereocenters. The maximum Gasteiger partial charge on any atom is 0.416 e. The summed E-state index contributed by atoms with van der Waals surface area (Å²) in [7, 11) is 0. The van der Waals surface area contributed by atoms with Gasteiger partial charge in [0.05, 0.1) is 11.7 Å². The molecule has 0 aliphatic heterocycles. The van der Waals surface area contributed by atoms with Crippen molar-refractivity contribution in [3.63, 3.8) is 0 Å². The Morgan fingerprint density at radius 3 is 2.21 bits per heavy atom. The van der Waals surface area contributed by atoms with Crippen LogP contribution >= 0.6 is 0 Å². The van der Waals surface area contributed by atoms with E-state index in [1.165, 1.54) is 12.1 Å². The monoisotopic (exact) mass is 539 g/mol. The van der Waals surface area contributed by atoms with Crippen molar-refractivity contribution in [1.82, 2.24) is 4.98 Å². The van der Waals surface area contributed by atoms with Crippen LogP contribution in [0.3, 0.4) is 0 Å². The molecule has 0 bridgehead atoms. The summed E-state index contributed by atoms with van der Waals surface area (Å²) in [5.74, 6) is 0.241. The van der Waals surface area contributed by atoms with Crippen molar-refractivity contribution < 1.29 is 22.7 Å². The van der Waals surface area contributed by atoms with Gasteiger partial charge in [-0.15, -0.1) is 0 Å². The number of nitrogens with zero attached hydrogens (tertiary/aromatic N) is 1. The summed E-state index contributed by atoms with van der Waals surface area (Å²) in [5, 5.41) is 11.4. The van der Waals surface area contributed by atoms with Gasteiger partial charge in [-0.25, -0.2) is 4.39 Å². The summed E-state index contributed by atoms with van der Waals surface area (Å²) >= 11 is 0. The lowest BCUT2D eigenvalue weighted by Gasteiger charge is -2.34. The van der Waals surface area contributed by atoms with Crippen molar-refractivity contribution in [2.24, 2.45) is 11.8 Å². The molecule has 1 heterocycles. The molecule has 5 rings (SSSR count). The maximum absolute atomic E-state index is 14.1. The SMILES string of the molecule is CC(C)CC(c1ccc(C(F)(F)F)cc1)c1c(C2CCCC2)nc2c(c1-c1ccc(F)cc1)C(O)CC(C)C2. The van der Waals surface area contributed by atoms with Crippen LogP contribution in [0.1, 0.15) is 111 Å². The Hall–Kier alpha value is -2.73. The molecule has 2 nitrogen and oxygen atoms in total. The van der Waals surface area contributed by atoms with Crippen LogP contribution in [-0.4, -0.2) is 10.1 Å². The molecule has 2 aliphatic carbocycles. The van der Waals surface area contributed by atoms with Crippen LogP contribution in [0.25, 0.3) is 11.1 Å². The number of halogens is 4. The Morgan fingerprint density at radius 2 is 1.62 bits per heavy atom. The number of alkyl halides is 3. The van der Waals surface area contributed by atoms with E-state index < -0.39 is 17.8 Å². The number of hydrogen-bond donors (Lipinski definition) is 1. The highest BCUT2D eigenvalue weighted by Gasteiger charge is 2.37. The van der Waals surface area contributed by atoms with Crippen molar-refractivity contribution in [2.45, 2.75) is 89.8 Å². The van der Waals surface area contributed by atoms with E-state index in [0.29, 0.717) is 12.8 Å². The standard InChI is InChI=1S/C33H37F4NO/c1-19(2)16-26(21-8-12-24(13-9-21)33(35,36)37)30-29(22-10-14-25(34)15-11-22)31-27(17-20(3)18-28(31)39)38-32(30)23-6-4-5-7-23/h8-15,19-20,23,26,28,39H,4-7,16-18H2,1-3H3. The summed E-state index contributed by atoms with van der Waals surface area (Å²) in [4.78, 5) is 5.30. The van der Waals surface area contributed by atoms with Crippen LogP contribution in [0.4, 0.5) is 17.6 Å². The first kappa shape index (κ1) is 27.8. The van der Waals surface area contributed by atoms with Crippen molar-refractivity contribution in [3.8, 4) is 11.1 Å². The smallest absolute Gasteiger partial charge is 0.388 e. The molecular formula is C33H37F4NO. The first-order valence-electron chi connectivity index (χ1n) is 14.2. The summed E-state index contributed by atoms with van der Waals surface area (Å²) in [6.45, 7) is 6.36. The topological polar surface area (TPSA) is 33.1 Å². The normalized spacial score (nSPS) is 20.8. The third-order valence-electron chi connectivity index (χ3n) is 8.45. The minimum atomic E-state index is -4.41. The van der Waals surface area contributed by atoms with Crippen LogP contribution in [-0.2, 0) is 12.6 Å². The van der Waals surface area contributed by atoms with E-state index in [9.17, 15) is 22.7 Å². The van der Waals surface area contributed by atoms with E-state index in [2.05, 4.69) is 20.8 Å². The number of hydrogen-bond acceptors (Lipinski definition) is 2. The molecule has 2 aliphatic rings. The number of aliphatic hydroxyl groups excluding tert-OH is 1. The lowest BCUT2D eigenvalue weighted by atomic mass is 9.73. The van der Waals surface area contributed by atoms with Gasteiger partial charge in [-0.3, -0.25) is 4.98 Å². The highest BCUT2D eigenvalue weighted by atomic mass is 19.4. The second-order valence-electron chi connectivity index (χ2n) is 12.0. The molecule has 6 heteroatoms. The van der Waals surface area contributed by atoms with Gasteiger partial charge in [0.25, 0.3) is 0 Å². The molecule has 0 amide bonds. The molecule has 39 heavy (non-hydrogen) atoms. The molecular weight excluding hydrogens is 502 g/mol. The fourth-order valence-corrected chi connectivity index (χ4v) is 6.70. The fraction of sp³-hybridized carbons (Fsp3) is 0.485. The third kappa shape index (κ3) is 5.77. The molecule has 1 N–H and O–H groups in total. The Bertz CT molecular complexity index is 1290. The Labute approximate surface area is 228 Å². The zero-order valence-electron chi connectivity index (χ0n) is 22.9. The zero-order chi connectivity index (χ0) is 27.9. The summed E-state index contributed by atoms with van der Waals surface area (Å²) in [5.41, 5.74) is 5.56. The highest BCUT2D eigenvalue weighted by Crippen LogP contribution is 2.50. The lowest BCUT2D eigenvalue weighted by molar-refractivity contribution is -0.137. The Kier molecular flexibility index (Phi) is 7.87. The Morgan fingerprint density at radius 1 is 0.974 bits per heavy atom. The third-order valence-corrected chi connectivity index (χ3v) is 8.45. The average molecular weight is 540 g/mol. The largest absolute Gasteiger partial charge is 0.416 e. The minimum Gasteiger partial charge on any atom is -0.388 e. The van der Waals surface area contributed by atoms with Crippen molar-refractivity contribution in [2.75, 3.05) is 0 Å². The predicted molar refractivity (Wildman–Crippen MR) is 146 cm³/mol. The first-order valence-corrected chi connectivity index (χ1v) is 14.2. The second kappa shape index (κ2) is 11.0. The summed E-state index contributed by atoms with van der Waals surface area (Å²) in [6.07, 6.45) is 1.23. The zero-order valence-corrected chi connectivity index (χ0v) is 22.9. The van der Waals surface area contributed by atoms with E-state index >= 15 is 0 Å². The van der Waals surface area contributed by atoms with Crippen molar-refractivity contribution in [3.05, 3.63) is 88.0 Å². The fourth-order valence-electron chi connectivity index (χ4n) is 6.70. The number of aromatic nitrogens is 1. The van der Waals surface area contributed by atoms with Crippen LogP contribution < -0.4 is 0 Å². The maximum atomic E-state index is 14.1. The van der Waals surface area contributed by atoms with E-state index in [1.54, 1.807) is 24.3 Å². The van der Waals surface area contributed by atoms with Gasteiger partial charge < -0.3 is 5.11 Å². The van der Waals surface area contributed by atoms with E-state index in [0.717, 1.165) is 83.4 Å². The molecule has 1 aromatic heterocycles. The Balaban J connectivity index is 1.82. The van der Waals surface area contributed by atoms with E-state index in [4.69, 9.17) is 4.98 Å². The van der Waals surface area contributed by atoms with Crippen LogP contribution in [0.5, 0.6) is 0 Å². The average Bonchev–Trinajstić information content (AvgIpc) is 3.41. The first-order chi connectivity index (χ1) is 18.5. The molecule has 1 saturated carbocycles. The summed E-state index contributed by atoms with van der Waals surface area (Å²) < 4.78 is 54.4. The van der Waals surface area contributed by atoms with Crippen molar-refractivity contribution in [1.29, 1.82) is 0 Å². The second-order valence-corrected chi connectivity index (χ2v) is 12.0. The lowest BCUT2D eigenvalue weighted by Crippen LogP contribution is -2.23. The van der Waals surface area contributed by atoms with Gasteiger partial charge in [0.2, 0.25) is 0 Å². The molecule has 2 aromatic carbocycles. The molecule has 3 aromatic rings. The predicted octanol–water partition coefficient (Wildman–Crippen LogP) is 9.36. The minimum absolute atomic E-state index is 0.215. The molecule has 0 radical (unpaired) electrons. The number of benzene rings is 2. The number of rotatable bonds is 6. The van der Waals surface area contributed by atoms with Gasteiger partial charge in [-0.2, -0.15) is 13.2 Å². The number of aliphatic hydroxyl groups is 1. The van der Waals surface area contributed by atoms with Gasteiger partial charge in [-0.05, 0) is 90.5 Å². The van der Waals surface area contributed by atoms with Gasteiger partial charge in [0.15, 0.2) is 0 Å². The van der Waals surface area contributed by atoms with Gasteiger partial charge >= 0.3 is 6.18 Å².